The van der Waals surface area contributed by atoms with E-state index < -0.39 is 0 Å². The minimum atomic E-state index is -0.104. The third-order valence-electron chi connectivity index (χ3n) is 7.55. The van der Waals surface area contributed by atoms with Crippen molar-refractivity contribution >= 4 is 28.7 Å². The summed E-state index contributed by atoms with van der Waals surface area (Å²) in [4.78, 5) is 9.03. The van der Waals surface area contributed by atoms with E-state index in [0.717, 1.165) is 41.4 Å². The fourth-order valence-corrected chi connectivity index (χ4v) is 5.94. The van der Waals surface area contributed by atoms with Gasteiger partial charge in [-0.05, 0) is 111 Å². The molecule has 0 amide bonds. The highest BCUT2D eigenvalue weighted by Gasteiger charge is 2.42. The molecule has 38 heavy (non-hydrogen) atoms. The number of rotatable bonds is 7. The van der Waals surface area contributed by atoms with Crippen LogP contribution in [-0.4, -0.2) is 34.9 Å². The highest BCUT2D eigenvalue weighted by atomic mass is 32.1. The lowest BCUT2D eigenvalue weighted by molar-refractivity contribution is 0.210. The molecule has 1 aliphatic heterocycles. The van der Waals surface area contributed by atoms with Crippen LogP contribution in [0.3, 0.4) is 0 Å². The van der Waals surface area contributed by atoms with Gasteiger partial charge < -0.3 is 24.4 Å². The standard InChI is InChI=1S/C31H33N5OS/c1-34(2)22-12-14-23(15-13-22)35-21-7-11-28(35)30-29(27-10-5-6-20-32-27)33-31(38)36(30)24-16-18-26(19-17-24)37-25-8-3-4-9-25/h5-7,10-21,25,29-30H,3-4,8-9H2,1-2H3,(H,33,38). The average molecular weight is 524 g/mol. The van der Waals surface area contributed by atoms with E-state index >= 15 is 0 Å². The Hall–Kier alpha value is -3.84. The van der Waals surface area contributed by atoms with Gasteiger partial charge in [-0.2, -0.15) is 0 Å². The van der Waals surface area contributed by atoms with Crippen LogP contribution in [0.15, 0.2) is 91.3 Å². The van der Waals surface area contributed by atoms with Gasteiger partial charge in [0.15, 0.2) is 5.11 Å². The number of nitrogens with zero attached hydrogens (tertiary/aromatic N) is 4. The Balaban J connectivity index is 1.38. The van der Waals surface area contributed by atoms with Crippen molar-refractivity contribution in [3.05, 3.63) is 103 Å². The lowest BCUT2D eigenvalue weighted by atomic mass is 10.0. The quantitative estimate of drug-likeness (QED) is 0.282. The van der Waals surface area contributed by atoms with Gasteiger partial charge in [0.05, 0.1) is 17.8 Å². The zero-order valence-corrected chi connectivity index (χ0v) is 22.6. The van der Waals surface area contributed by atoms with Crippen molar-refractivity contribution in [1.29, 1.82) is 0 Å². The van der Waals surface area contributed by atoms with Gasteiger partial charge in [-0.15, -0.1) is 0 Å². The first-order valence-corrected chi connectivity index (χ1v) is 13.7. The fourth-order valence-electron chi connectivity index (χ4n) is 5.60. The number of nitrogens with one attached hydrogen (secondary N) is 1. The largest absolute Gasteiger partial charge is 0.490 e. The molecule has 0 bridgehead atoms. The summed E-state index contributed by atoms with van der Waals surface area (Å²) in [6, 6.07) is 27.1. The number of hydrogen-bond acceptors (Lipinski definition) is 4. The normalized spacial score (nSPS) is 19.5. The van der Waals surface area contributed by atoms with Crippen molar-refractivity contribution in [2.75, 3.05) is 23.9 Å². The van der Waals surface area contributed by atoms with Crippen LogP contribution < -0.4 is 19.9 Å². The second-order valence-electron chi connectivity index (χ2n) is 10.2. The summed E-state index contributed by atoms with van der Waals surface area (Å²) < 4.78 is 8.48. The molecule has 2 aromatic carbocycles. The van der Waals surface area contributed by atoms with E-state index in [1.54, 1.807) is 0 Å². The summed E-state index contributed by atoms with van der Waals surface area (Å²) in [5.41, 5.74) is 5.39. The molecule has 1 saturated carbocycles. The first kappa shape index (κ1) is 24.5. The van der Waals surface area contributed by atoms with Crippen LogP contribution in [0.5, 0.6) is 5.75 Å². The molecule has 6 nitrogen and oxygen atoms in total. The summed E-state index contributed by atoms with van der Waals surface area (Å²) in [6.45, 7) is 0. The van der Waals surface area contributed by atoms with Crippen molar-refractivity contribution in [1.82, 2.24) is 14.9 Å². The van der Waals surface area contributed by atoms with Gasteiger partial charge in [0.1, 0.15) is 11.8 Å². The van der Waals surface area contributed by atoms with E-state index in [1.807, 2.05) is 18.3 Å². The number of benzene rings is 2. The second kappa shape index (κ2) is 10.5. The number of aromatic nitrogens is 2. The first-order chi connectivity index (χ1) is 18.6. The first-order valence-electron chi connectivity index (χ1n) is 13.3. The van der Waals surface area contributed by atoms with E-state index in [2.05, 4.69) is 107 Å². The molecule has 1 aliphatic carbocycles. The summed E-state index contributed by atoms with van der Waals surface area (Å²) >= 11 is 5.95. The van der Waals surface area contributed by atoms with Crippen molar-refractivity contribution in [3.63, 3.8) is 0 Å². The zero-order valence-electron chi connectivity index (χ0n) is 21.8. The van der Waals surface area contributed by atoms with Crippen LogP contribution in [0.25, 0.3) is 5.69 Å². The number of thiocarbonyl (C=S) groups is 1. The Morgan fingerprint density at radius 1 is 0.895 bits per heavy atom. The Kier molecular flexibility index (Phi) is 6.77. The van der Waals surface area contributed by atoms with Gasteiger partial charge >= 0.3 is 0 Å². The van der Waals surface area contributed by atoms with Gasteiger partial charge in [0, 0.05) is 49.2 Å². The van der Waals surface area contributed by atoms with Gasteiger partial charge in [0.25, 0.3) is 0 Å². The molecule has 2 unspecified atom stereocenters. The molecule has 4 aromatic rings. The maximum absolute atomic E-state index is 6.23. The number of ether oxygens (including phenoxy) is 1. The second-order valence-corrected chi connectivity index (χ2v) is 10.6. The average Bonchev–Trinajstić information content (AvgIpc) is 3.70. The molecule has 2 atom stereocenters. The van der Waals surface area contributed by atoms with Crippen LogP contribution in [0.4, 0.5) is 11.4 Å². The molecule has 3 heterocycles. The Labute approximate surface area is 229 Å². The van der Waals surface area contributed by atoms with E-state index in [4.69, 9.17) is 21.9 Å². The molecule has 1 saturated heterocycles. The van der Waals surface area contributed by atoms with E-state index in [-0.39, 0.29) is 12.1 Å². The Bertz CT molecular complexity index is 1380. The summed E-state index contributed by atoms with van der Waals surface area (Å²) in [5, 5.41) is 4.26. The Morgan fingerprint density at radius 3 is 2.32 bits per heavy atom. The zero-order chi connectivity index (χ0) is 26.1. The summed E-state index contributed by atoms with van der Waals surface area (Å²) in [5.74, 6) is 0.918. The smallest absolute Gasteiger partial charge is 0.174 e. The summed E-state index contributed by atoms with van der Waals surface area (Å²) in [7, 11) is 4.11. The predicted molar refractivity (Wildman–Crippen MR) is 157 cm³/mol. The maximum atomic E-state index is 6.23. The lowest BCUT2D eigenvalue weighted by Gasteiger charge is -2.29. The molecule has 0 spiro atoms. The van der Waals surface area contributed by atoms with Crippen molar-refractivity contribution in [2.24, 2.45) is 0 Å². The minimum absolute atomic E-state index is 0.0949. The van der Waals surface area contributed by atoms with E-state index in [0.29, 0.717) is 11.2 Å². The SMILES string of the molecule is CN(C)c1ccc(-n2cccc2C2C(c3ccccn3)NC(=S)N2c2ccc(OC3CCCC3)cc2)cc1. The topological polar surface area (TPSA) is 45.6 Å². The van der Waals surface area contributed by atoms with Crippen molar-refractivity contribution in [2.45, 2.75) is 43.9 Å². The molecular weight excluding hydrogens is 490 g/mol. The molecule has 1 N–H and O–H groups in total. The molecule has 2 aromatic heterocycles. The minimum Gasteiger partial charge on any atom is -0.490 e. The maximum Gasteiger partial charge on any atom is 0.174 e. The summed E-state index contributed by atoms with van der Waals surface area (Å²) in [6.07, 6.45) is 9.08. The van der Waals surface area contributed by atoms with Gasteiger partial charge in [-0.1, -0.05) is 6.07 Å². The predicted octanol–water partition coefficient (Wildman–Crippen LogP) is 6.44. The van der Waals surface area contributed by atoms with Crippen LogP contribution in [-0.2, 0) is 0 Å². The van der Waals surface area contributed by atoms with E-state index in [1.165, 1.54) is 18.5 Å². The molecule has 194 valence electrons. The third kappa shape index (κ3) is 4.74. The number of hydrogen-bond donors (Lipinski definition) is 1. The molecule has 7 heteroatoms. The highest BCUT2D eigenvalue weighted by Crippen LogP contribution is 2.42. The van der Waals surface area contributed by atoms with E-state index in [9.17, 15) is 0 Å². The van der Waals surface area contributed by atoms with Crippen molar-refractivity contribution in [3.8, 4) is 11.4 Å². The lowest BCUT2D eigenvalue weighted by Crippen LogP contribution is -2.30. The molecular formula is C31H33N5OS. The number of anilines is 2. The molecule has 6 rings (SSSR count). The molecule has 2 aliphatic rings. The third-order valence-corrected chi connectivity index (χ3v) is 7.86. The van der Waals surface area contributed by atoms with Gasteiger partial charge in [-0.3, -0.25) is 4.98 Å². The van der Waals surface area contributed by atoms with Gasteiger partial charge in [-0.25, -0.2) is 0 Å². The van der Waals surface area contributed by atoms with Crippen molar-refractivity contribution < 1.29 is 4.74 Å². The molecule has 2 fully saturated rings. The van der Waals surface area contributed by atoms with Crippen LogP contribution in [0, 0.1) is 0 Å². The van der Waals surface area contributed by atoms with Gasteiger partial charge in [0.2, 0.25) is 0 Å². The molecule has 0 radical (unpaired) electrons. The van der Waals surface area contributed by atoms with Crippen LogP contribution >= 0.6 is 12.2 Å². The highest BCUT2D eigenvalue weighted by molar-refractivity contribution is 7.80. The van der Waals surface area contributed by atoms with Crippen LogP contribution in [0.2, 0.25) is 0 Å². The Morgan fingerprint density at radius 2 is 1.63 bits per heavy atom. The monoisotopic (exact) mass is 523 g/mol. The fraction of sp³-hybridized carbons (Fsp3) is 0.290. The van der Waals surface area contributed by atoms with Crippen LogP contribution in [0.1, 0.15) is 49.2 Å². The number of pyridine rings is 1.